The molecule has 0 saturated heterocycles. The molecule has 0 radical (unpaired) electrons. The van der Waals surface area contributed by atoms with Gasteiger partial charge in [0, 0.05) is 0 Å². The lowest BCUT2D eigenvalue weighted by atomic mass is 10.7. The fraction of sp³-hybridized carbons (Fsp3) is 0.200. The number of hydrogen-bond donors (Lipinski definition) is 0. The van der Waals surface area contributed by atoms with Crippen molar-refractivity contribution in [2.24, 2.45) is 0 Å². The first kappa shape index (κ1) is 8.00. The molecule has 3 nitrogen and oxygen atoms in total. The Morgan fingerprint density at radius 3 is 2.90 bits per heavy atom. The Morgan fingerprint density at radius 1 is 1.70 bits per heavy atom. The number of hydrogen-bond acceptors (Lipinski definition) is 3. The SMILES string of the molecule is COc1ncc(Cl)c(I)n1. The van der Waals surface area contributed by atoms with Crippen LogP contribution in [0.25, 0.3) is 0 Å². The van der Waals surface area contributed by atoms with Gasteiger partial charge in [-0.25, -0.2) is 4.98 Å². The lowest BCUT2D eigenvalue weighted by molar-refractivity contribution is 0.378. The van der Waals surface area contributed by atoms with Crippen LogP contribution in [0.15, 0.2) is 6.20 Å². The summed E-state index contributed by atoms with van der Waals surface area (Å²) in [7, 11) is 1.51. The van der Waals surface area contributed by atoms with Gasteiger partial charge >= 0.3 is 6.01 Å². The molecule has 54 valence electrons. The topological polar surface area (TPSA) is 35.0 Å². The Hall–Kier alpha value is -0.100. The third-order valence-corrected chi connectivity index (χ3v) is 2.28. The lowest BCUT2D eigenvalue weighted by Crippen LogP contribution is -1.93. The van der Waals surface area contributed by atoms with E-state index < -0.39 is 0 Å². The predicted molar refractivity (Wildman–Crippen MR) is 46.3 cm³/mol. The second-order valence-corrected chi connectivity index (χ2v) is 2.92. The van der Waals surface area contributed by atoms with Crippen molar-refractivity contribution in [1.82, 2.24) is 9.97 Å². The zero-order valence-electron chi connectivity index (χ0n) is 5.14. The fourth-order valence-electron chi connectivity index (χ4n) is 0.430. The maximum Gasteiger partial charge on any atom is 0.317 e. The van der Waals surface area contributed by atoms with Gasteiger partial charge in [0.25, 0.3) is 0 Å². The summed E-state index contributed by atoms with van der Waals surface area (Å²) in [5, 5.41) is 0.543. The molecule has 0 bridgehead atoms. The van der Waals surface area contributed by atoms with E-state index in [4.69, 9.17) is 16.3 Å². The Bertz CT molecular complexity index is 243. The number of halogens is 2. The highest BCUT2D eigenvalue weighted by Crippen LogP contribution is 2.16. The first-order valence-electron chi connectivity index (χ1n) is 2.46. The Labute approximate surface area is 76.9 Å². The van der Waals surface area contributed by atoms with Crippen LogP contribution in [0.3, 0.4) is 0 Å². The van der Waals surface area contributed by atoms with Crippen LogP contribution in [0.4, 0.5) is 0 Å². The molecule has 1 heterocycles. The van der Waals surface area contributed by atoms with Gasteiger partial charge in [0.1, 0.15) is 3.70 Å². The number of ether oxygens (including phenoxy) is 1. The van der Waals surface area contributed by atoms with Crippen LogP contribution in [0, 0.1) is 3.70 Å². The van der Waals surface area contributed by atoms with Gasteiger partial charge in [-0.3, -0.25) is 0 Å². The minimum absolute atomic E-state index is 0.341. The molecule has 0 unspecified atom stereocenters. The standard InChI is InChI=1S/C5H4ClIN2O/c1-10-5-8-2-3(6)4(7)9-5/h2H,1H3. The monoisotopic (exact) mass is 270 g/mol. The van der Waals surface area contributed by atoms with E-state index in [-0.39, 0.29) is 0 Å². The average Bonchev–Trinajstić information content (AvgIpc) is 1.95. The Balaban J connectivity index is 3.04. The zero-order chi connectivity index (χ0) is 7.56. The summed E-state index contributed by atoms with van der Waals surface area (Å²) in [6, 6.07) is 0.341. The minimum Gasteiger partial charge on any atom is -0.467 e. The van der Waals surface area contributed by atoms with Crippen molar-refractivity contribution >= 4 is 34.2 Å². The summed E-state index contributed by atoms with van der Waals surface area (Å²) < 4.78 is 5.46. The van der Waals surface area contributed by atoms with Crippen LogP contribution < -0.4 is 4.74 Å². The molecule has 0 fully saturated rings. The van der Waals surface area contributed by atoms with Crippen molar-refractivity contribution in [3.8, 4) is 6.01 Å². The van der Waals surface area contributed by atoms with Crippen molar-refractivity contribution in [1.29, 1.82) is 0 Å². The van der Waals surface area contributed by atoms with E-state index >= 15 is 0 Å². The number of aromatic nitrogens is 2. The van der Waals surface area contributed by atoms with E-state index in [1.807, 2.05) is 22.6 Å². The average molecular weight is 270 g/mol. The van der Waals surface area contributed by atoms with E-state index in [2.05, 4.69) is 9.97 Å². The van der Waals surface area contributed by atoms with E-state index in [1.165, 1.54) is 13.3 Å². The maximum absolute atomic E-state index is 5.65. The van der Waals surface area contributed by atoms with Gasteiger partial charge in [-0.2, -0.15) is 4.98 Å². The summed E-state index contributed by atoms with van der Waals surface area (Å²) in [5.74, 6) is 0. The molecule has 10 heavy (non-hydrogen) atoms. The molecule has 0 atom stereocenters. The van der Waals surface area contributed by atoms with Gasteiger partial charge in [-0.1, -0.05) is 11.6 Å². The summed E-state index contributed by atoms with van der Waals surface area (Å²) in [6.07, 6.45) is 1.51. The molecule has 1 aromatic rings. The molecule has 1 aromatic heterocycles. The third kappa shape index (κ3) is 1.69. The van der Waals surface area contributed by atoms with Crippen molar-refractivity contribution in [2.75, 3.05) is 7.11 Å². The lowest BCUT2D eigenvalue weighted by Gasteiger charge is -1.97. The minimum atomic E-state index is 0.341. The fourth-order valence-corrected chi connectivity index (χ4v) is 0.866. The highest BCUT2D eigenvalue weighted by Gasteiger charge is 2.00. The van der Waals surface area contributed by atoms with E-state index in [0.717, 1.165) is 0 Å². The quantitative estimate of drug-likeness (QED) is 0.576. The normalized spacial score (nSPS) is 9.50. The van der Waals surface area contributed by atoms with Crippen molar-refractivity contribution in [2.45, 2.75) is 0 Å². The van der Waals surface area contributed by atoms with Crippen LogP contribution >= 0.6 is 34.2 Å². The van der Waals surface area contributed by atoms with E-state index in [9.17, 15) is 0 Å². The molecule has 0 aliphatic carbocycles. The van der Waals surface area contributed by atoms with Gasteiger partial charge < -0.3 is 4.74 Å². The van der Waals surface area contributed by atoms with Gasteiger partial charge in [0.05, 0.1) is 18.3 Å². The molecule has 1 rings (SSSR count). The molecular formula is C5H4ClIN2O. The van der Waals surface area contributed by atoms with Crippen molar-refractivity contribution in [3.63, 3.8) is 0 Å². The second-order valence-electron chi connectivity index (χ2n) is 1.50. The van der Waals surface area contributed by atoms with Crippen molar-refractivity contribution in [3.05, 3.63) is 14.9 Å². The maximum atomic E-state index is 5.65. The molecule has 0 amide bonds. The highest BCUT2D eigenvalue weighted by atomic mass is 127. The van der Waals surface area contributed by atoms with E-state index in [0.29, 0.717) is 14.7 Å². The third-order valence-electron chi connectivity index (χ3n) is 0.862. The molecule has 0 aliphatic heterocycles. The predicted octanol–water partition coefficient (Wildman–Crippen LogP) is 1.74. The number of nitrogens with zero attached hydrogens (tertiary/aromatic N) is 2. The summed E-state index contributed by atoms with van der Waals surface area (Å²) in [6.45, 7) is 0. The van der Waals surface area contributed by atoms with Crippen LogP contribution in [-0.4, -0.2) is 17.1 Å². The van der Waals surface area contributed by atoms with Gasteiger partial charge in [0.2, 0.25) is 0 Å². The second kappa shape index (κ2) is 3.34. The summed E-state index contributed by atoms with van der Waals surface area (Å²) in [5.41, 5.74) is 0. The molecule has 0 aliphatic rings. The van der Waals surface area contributed by atoms with E-state index in [1.54, 1.807) is 0 Å². The number of methoxy groups -OCH3 is 1. The van der Waals surface area contributed by atoms with Crippen LogP contribution in [0.2, 0.25) is 5.02 Å². The van der Waals surface area contributed by atoms with Gasteiger partial charge in [-0.15, -0.1) is 0 Å². The van der Waals surface area contributed by atoms with Crippen LogP contribution in [0.5, 0.6) is 6.01 Å². The Kier molecular flexibility index (Phi) is 2.67. The molecule has 5 heteroatoms. The van der Waals surface area contributed by atoms with Gasteiger partial charge in [0.15, 0.2) is 0 Å². The van der Waals surface area contributed by atoms with Crippen LogP contribution in [0.1, 0.15) is 0 Å². The molecule has 0 saturated carbocycles. The molecule has 0 N–H and O–H groups in total. The first-order valence-corrected chi connectivity index (χ1v) is 3.91. The zero-order valence-corrected chi connectivity index (χ0v) is 8.05. The largest absolute Gasteiger partial charge is 0.467 e. The summed E-state index contributed by atoms with van der Waals surface area (Å²) in [4.78, 5) is 7.70. The molecule has 0 spiro atoms. The molecular weight excluding hydrogens is 266 g/mol. The number of rotatable bonds is 1. The summed E-state index contributed by atoms with van der Waals surface area (Å²) >= 11 is 7.66. The van der Waals surface area contributed by atoms with Gasteiger partial charge in [-0.05, 0) is 22.6 Å². The van der Waals surface area contributed by atoms with Crippen molar-refractivity contribution < 1.29 is 4.74 Å². The van der Waals surface area contributed by atoms with Crippen LogP contribution in [-0.2, 0) is 0 Å². The highest BCUT2D eigenvalue weighted by molar-refractivity contribution is 14.1. The smallest absolute Gasteiger partial charge is 0.317 e. The first-order chi connectivity index (χ1) is 4.74. The molecule has 0 aromatic carbocycles. The Morgan fingerprint density at radius 2 is 2.40 bits per heavy atom.